The van der Waals surface area contributed by atoms with Gasteiger partial charge in [-0.3, -0.25) is 4.79 Å². The molecule has 30 heavy (non-hydrogen) atoms. The fourth-order valence-corrected chi connectivity index (χ4v) is 2.76. The number of rotatable bonds is 6. The van der Waals surface area contributed by atoms with Gasteiger partial charge in [-0.2, -0.15) is 13.2 Å². The Morgan fingerprint density at radius 3 is 2.40 bits per heavy atom. The first-order valence-electron chi connectivity index (χ1n) is 8.83. The van der Waals surface area contributed by atoms with Gasteiger partial charge in [-0.15, -0.1) is 0 Å². The lowest BCUT2D eigenvalue weighted by atomic mass is 10.0. The second-order valence-electron chi connectivity index (χ2n) is 6.40. The van der Waals surface area contributed by atoms with Gasteiger partial charge < -0.3 is 21.3 Å². The van der Waals surface area contributed by atoms with Crippen LogP contribution in [0.15, 0.2) is 60.7 Å². The standard InChI is InChI=1S/C21H18F3N3O3/c22-21(23,24)13-6-9-19(15(10-13)18(28)11-25)30-14-7-4-12(5-8-14)16-2-1-3-17(27-16)20(26)29/h1-10,18,28H,11,25H2,(H2,26,29). The Morgan fingerprint density at radius 1 is 1.10 bits per heavy atom. The van der Waals surface area contributed by atoms with Gasteiger partial charge in [0.2, 0.25) is 0 Å². The van der Waals surface area contributed by atoms with Crippen LogP contribution in [-0.2, 0) is 6.18 Å². The largest absolute Gasteiger partial charge is 0.457 e. The van der Waals surface area contributed by atoms with Crippen molar-refractivity contribution in [2.45, 2.75) is 12.3 Å². The maximum Gasteiger partial charge on any atom is 0.416 e. The quantitative estimate of drug-likeness (QED) is 0.567. The van der Waals surface area contributed by atoms with Crippen LogP contribution in [0.3, 0.4) is 0 Å². The molecule has 1 unspecified atom stereocenters. The molecule has 6 nitrogen and oxygen atoms in total. The number of alkyl halides is 3. The SMILES string of the molecule is NCC(O)c1cc(C(F)(F)F)ccc1Oc1ccc(-c2cccc(C(N)=O)n2)cc1. The molecule has 2 aromatic carbocycles. The van der Waals surface area contributed by atoms with Gasteiger partial charge in [0.15, 0.2) is 0 Å². The lowest BCUT2D eigenvalue weighted by Gasteiger charge is -2.17. The fourth-order valence-electron chi connectivity index (χ4n) is 2.76. The molecule has 1 heterocycles. The maximum atomic E-state index is 13.0. The highest BCUT2D eigenvalue weighted by Gasteiger charge is 2.32. The third kappa shape index (κ3) is 4.76. The molecule has 1 aromatic heterocycles. The number of amides is 1. The van der Waals surface area contributed by atoms with Crippen molar-refractivity contribution in [3.05, 3.63) is 77.5 Å². The zero-order chi connectivity index (χ0) is 21.9. The van der Waals surface area contributed by atoms with Crippen LogP contribution in [0.5, 0.6) is 11.5 Å². The second kappa shape index (κ2) is 8.52. The van der Waals surface area contributed by atoms with Crippen molar-refractivity contribution < 1.29 is 27.8 Å². The van der Waals surface area contributed by atoms with Gasteiger partial charge in [0.05, 0.1) is 17.4 Å². The molecule has 0 aliphatic rings. The molecular weight excluding hydrogens is 399 g/mol. The van der Waals surface area contributed by atoms with Gasteiger partial charge in [-0.1, -0.05) is 6.07 Å². The fraction of sp³-hybridized carbons (Fsp3) is 0.143. The summed E-state index contributed by atoms with van der Waals surface area (Å²) in [6.45, 7) is -0.265. The Balaban J connectivity index is 1.88. The van der Waals surface area contributed by atoms with E-state index in [1.165, 1.54) is 6.07 Å². The molecule has 9 heteroatoms. The van der Waals surface area contributed by atoms with Crippen molar-refractivity contribution in [3.63, 3.8) is 0 Å². The van der Waals surface area contributed by atoms with Gasteiger partial charge in [-0.05, 0) is 54.6 Å². The molecule has 0 saturated carbocycles. The van der Waals surface area contributed by atoms with Crippen LogP contribution < -0.4 is 16.2 Å². The van der Waals surface area contributed by atoms with E-state index in [2.05, 4.69) is 4.98 Å². The first-order chi connectivity index (χ1) is 14.2. The van der Waals surface area contributed by atoms with Crippen molar-refractivity contribution in [2.75, 3.05) is 6.54 Å². The summed E-state index contributed by atoms with van der Waals surface area (Å²) in [4.78, 5) is 15.4. The molecule has 0 saturated heterocycles. The van der Waals surface area contributed by atoms with Crippen molar-refractivity contribution >= 4 is 5.91 Å². The van der Waals surface area contributed by atoms with E-state index in [-0.39, 0.29) is 23.6 Å². The highest BCUT2D eigenvalue weighted by Crippen LogP contribution is 2.36. The summed E-state index contributed by atoms with van der Waals surface area (Å²) in [5.74, 6) is -0.261. The third-order valence-electron chi connectivity index (χ3n) is 4.30. The minimum absolute atomic E-state index is 0.0579. The Morgan fingerprint density at radius 2 is 1.80 bits per heavy atom. The number of halogens is 3. The third-order valence-corrected chi connectivity index (χ3v) is 4.30. The number of carbonyl (C=O) groups excluding carboxylic acids is 1. The number of aliphatic hydroxyl groups excluding tert-OH is 1. The molecule has 1 atom stereocenters. The summed E-state index contributed by atoms with van der Waals surface area (Å²) in [6, 6.07) is 14.2. The molecule has 0 aliphatic carbocycles. The lowest BCUT2D eigenvalue weighted by molar-refractivity contribution is -0.137. The van der Waals surface area contributed by atoms with Crippen molar-refractivity contribution in [2.24, 2.45) is 11.5 Å². The van der Waals surface area contributed by atoms with Gasteiger partial charge in [0.25, 0.3) is 5.91 Å². The van der Waals surface area contributed by atoms with Crippen molar-refractivity contribution in [1.82, 2.24) is 4.98 Å². The number of pyridine rings is 1. The summed E-state index contributed by atoms with van der Waals surface area (Å²) in [5.41, 5.74) is 11.0. The van der Waals surface area contributed by atoms with Crippen LogP contribution in [0, 0.1) is 0 Å². The number of ether oxygens (including phenoxy) is 1. The molecule has 3 rings (SSSR count). The van der Waals surface area contributed by atoms with E-state index < -0.39 is 23.8 Å². The highest BCUT2D eigenvalue weighted by molar-refractivity contribution is 5.91. The average molecular weight is 417 g/mol. The molecule has 0 bridgehead atoms. The number of benzene rings is 2. The minimum Gasteiger partial charge on any atom is -0.457 e. The van der Waals surface area contributed by atoms with Crippen LogP contribution in [0.2, 0.25) is 0 Å². The van der Waals surface area contributed by atoms with Crippen LogP contribution >= 0.6 is 0 Å². The molecule has 1 amide bonds. The zero-order valence-electron chi connectivity index (χ0n) is 15.6. The summed E-state index contributed by atoms with van der Waals surface area (Å²) < 4.78 is 44.6. The van der Waals surface area contributed by atoms with E-state index in [1.807, 2.05) is 0 Å². The van der Waals surface area contributed by atoms with E-state index in [9.17, 15) is 23.1 Å². The number of hydrogen-bond acceptors (Lipinski definition) is 5. The topological polar surface area (TPSA) is 111 Å². The van der Waals surface area contributed by atoms with Gasteiger partial charge in [-0.25, -0.2) is 4.98 Å². The number of nitrogens with two attached hydrogens (primary N) is 2. The molecule has 0 radical (unpaired) electrons. The predicted octanol–water partition coefficient (Wildman–Crippen LogP) is 3.65. The van der Waals surface area contributed by atoms with Crippen LogP contribution in [0.4, 0.5) is 13.2 Å². The number of primary amides is 1. The van der Waals surface area contributed by atoms with Crippen molar-refractivity contribution in [3.8, 4) is 22.8 Å². The summed E-state index contributed by atoms with van der Waals surface area (Å²) >= 11 is 0. The normalized spacial score (nSPS) is 12.4. The minimum atomic E-state index is -4.56. The van der Waals surface area contributed by atoms with Crippen LogP contribution in [0.25, 0.3) is 11.3 Å². The predicted molar refractivity (Wildman–Crippen MR) is 104 cm³/mol. The molecular formula is C21H18F3N3O3. The van der Waals surface area contributed by atoms with Crippen LogP contribution in [-0.4, -0.2) is 22.5 Å². The Hall–Kier alpha value is -3.43. The second-order valence-corrected chi connectivity index (χ2v) is 6.40. The van der Waals surface area contributed by atoms with E-state index >= 15 is 0 Å². The van der Waals surface area contributed by atoms with Gasteiger partial charge in [0, 0.05) is 17.7 Å². The van der Waals surface area contributed by atoms with E-state index in [4.69, 9.17) is 16.2 Å². The van der Waals surface area contributed by atoms with E-state index in [1.54, 1.807) is 36.4 Å². The number of carbonyl (C=O) groups is 1. The first kappa shape index (κ1) is 21.3. The zero-order valence-corrected chi connectivity index (χ0v) is 15.6. The molecule has 0 spiro atoms. The van der Waals surface area contributed by atoms with Crippen LogP contribution in [0.1, 0.15) is 27.7 Å². The smallest absolute Gasteiger partial charge is 0.416 e. The molecule has 5 N–H and O–H groups in total. The first-order valence-corrected chi connectivity index (χ1v) is 8.83. The van der Waals surface area contributed by atoms with E-state index in [0.717, 1.165) is 18.2 Å². The average Bonchev–Trinajstić information content (AvgIpc) is 2.73. The monoisotopic (exact) mass is 417 g/mol. The highest BCUT2D eigenvalue weighted by atomic mass is 19.4. The maximum absolute atomic E-state index is 13.0. The van der Waals surface area contributed by atoms with Gasteiger partial charge in [0.1, 0.15) is 17.2 Å². The Bertz CT molecular complexity index is 1050. The molecule has 156 valence electrons. The molecule has 3 aromatic rings. The lowest BCUT2D eigenvalue weighted by Crippen LogP contribution is -2.14. The van der Waals surface area contributed by atoms with E-state index in [0.29, 0.717) is 17.0 Å². The van der Waals surface area contributed by atoms with Crippen molar-refractivity contribution in [1.29, 1.82) is 0 Å². The summed E-state index contributed by atoms with van der Waals surface area (Å²) in [5, 5.41) is 10.0. The number of nitrogens with zero attached hydrogens (tertiary/aromatic N) is 1. The number of hydrogen-bond donors (Lipinski definition) is 3. The molecule has 0 aliphatic heterocycles. The summed E-state index contributed by atoms with van der Waals surface area (Å²) in [7, 11) is 0. The Labute approximate surface area is 169 Å². The number of aromatic nitrogens is 1. The number of aliphatic hydroxyl groups is 1. The summed E-state index contributed by atoms with van der Waals surface area (Å²) in [6.07, 6.45) is -5.88. The van der Waals surface area contributed by atoms with Gasteiger partial charge >= 0.3 is 6.18 Å². The molecule has 0 fully saturated rings. The Kier molecular flexibility index (Phi) is 6.04.